The second-order valence-corrected chi connectivity index (χ2v) is 29.9. The molecule has 0 bridgehead atoms. The van der Waals surface area contributed by atoms with E-state index in [0.29, 0.717) is 12.8 Å². The first-order valence-electron chi connectivity index (χ1n) is 39.6. The summed E-state index contributed by atoms with van der Waals surface area (Å²) in [6, 6.07) is -3.33. The van der Waals surface area contributed by atoms with Crippen LogP contribution in [0.1, 0.15) is 220 Å². The van der Waals surface area contributed by atoms with Gasteiger partial charge in [-0.1, -0.05) is 194 Å². The van der Waals surface area contributed by atoms with Gasteiger partial charge in [-0.2, -0.15) is 0 Å². The van der Waals surface area contributed by atoms with Crippen LogP contribution < -0.4 is 10.6 Å². The van der Waals surface area contributed by atoms with E-state index in [0.717, 1.165) is 77.6 Å². The molecule has 0 aromatic carbocycles. The number of aliphatic carboxylic acids is 1. The highest BCUT2D eigenvalue weighted by Crippen LogP contribution is 2.42. The molecule has 35 heteroatoms. The quantitative estimate of drug-likeness (QED) is 0.0286. The van der Waals surface area contributed by atoms with Gasteiger partial charge in [-0.15, -0.1) is 0 Å². The maximum absolute atomic E-state index is 13.8. The number of amides is 2. The Morgan fingerprint density at radius 1 is 0.463 bits per heavy atom. The maximum Gasteiger partial charge on any atom is 0.364 e. The van der Waals surface area contributed by atoms with Gasteiger partial charge in [0.1, 0.15) is 128 Å². The molecular formula is C73H134N2O33. The van der Waals surface area contributed by atoms with Crippen LogP contribution in [0.4, 0.5) is 0 Å². The van der Waals surface area contributed by atoms with Crippen molar-refractivity contribution < 1.29 is 164 Å². The van der Waals surface area contributed by atoms with Crippen LogP contribution in [0.3, 0.4) is 0 Å². The number of hydrogen-bond acceptors (Lipinski definition) is 32. The fraction of sp³-hybridized carbons (Fsp3) is 0.959. The molecule has 108 heavy (non-hydrogen) atoms. The van der Waals surface area contributed by atoms with Gasteiger partial charge in [-0.05, 0) is 12.8 Å². The number of ether oxygens (including phenoxy) is 10. The largest absolute Gasteiger partial charge is 0.477 e. The molecule has 5 fully saturated rings. The second kappa shape index (κ2) is 50.6. The van der Waals surface area contributed by atoms with Crippen molar-refractivity contribution in [3.63, 3.8) is 0 Å². The van der Waals surface area contributed by atoms with Crippen molar-refractivity contribution in [1.82, 2.24) is 10.6 Å². The molecule has 22 N–H and O–H groups in total. The molecule has 5 saturated heterocycles. The summed E-state index contributed by atoms with van der Waals surface area (Å²) >= 11 is 0. The first-order chi connectivity index (χ1) is 51.7. The molecule has 0 aromatic rings. The lowest BCUT2D eigenvalue weighted by Crippen LogP contribution is -2.72. The van der Waals surface area contributed by atoms with E-state index in [1.165, 1.54) is 96.3 Å². The molecule has 5 rings (SSSR count). The normalized spacial score (nSPS) is 34.5. The number of carboxylic acid groups (broad SMARTS) is 1. The molecular weight excluding hydrogens is 1430 g/mol. The molecule has 5 heterocycles. The number of aliphatic hydroxyl groups excluding tert-OH is 19. The number of aliphatic hydroxyl groups is 19. The van der Waals surface area contributed by atoms with Crippen LogP contribution in [0, 0.1) is 0 Å². The molecule has 0 spiro atoms. The summed E-state index contributed by atoms with van der Waals surface area (Å²) in [7, 11) is 0. The number of unbranched alkanes of at least 4 members (excludes halogenated alkanes) is 26. The van der Waals surface area contributed by atoms with Crippen molar-refractivity contribution in [3.8, 4) is 0 Å². The Morgan fingerprint density at radius 2 is 0.898 bits per heavy atom. The van der Waals surface area contributed by atoms with Crippen molar-refractivity contribution >= 4 is 17.8 Å². The molecule has 0 radical (unpaired) electrons. The average Bonchev–Trinajstić information content (AvgIpc) is 0.895. The van der Waals surface area contributed by atoms with Gasteiger partial charge in [-0.25, -0.2) is 4.79 Å². The van der Waals surface area contributed by atoms with Gasteiger partial charge in [-0.3, -0.25) is 9.59 Å². The van der Waals surface area contributed by atoms with Gasteiger partial charge in [0.2, 0.25) is 11.8 Å². The Balaban J connectivity index is 1.26. The zero-order chi connectivity index (χ0) is 79.6. The summed E-state index contributed by atoms with van der Waals surface area (Å²) in [6.45, 7) is -0.910. The molecule has 634 valence electrons. The molecule has 35 nitrogen and oxygen atoms in total. The molecule has 30 unspecified atom stereocenters. The smallest absolute Gasteiger partial charge is 0.364 e. The lowest BCUT2D eigenvalue weighted by molar-refractivity contribution is -0.392. The van der Waals surface area contributed by atoms with Crippen LogP contribution in [0.25, 0.3) is 0 Å². The van der Waals surface area contributed by atoms with E-state index in [1.54, 1.807) is 0 Å². The van der Waals surface area contributed by atoms with Crippen LogP contribution in [-0.2, 0) is 61.8 Å². The summed E-state index contributed by atoms with van der Waals surface area (Å²) in [5, 5.41) is 225. The van der Waals surface area contributed by atoms with E-state index >= 15 is 0 Å². The van der Waals surface area contributed by atoms with Gasteiger partial charge < -0.3 is 160 Å². The monoisotopic (exact) mass is 1570 g/mol. The number of carbonyl (C=O) groups excluding carboxylic acids is 2. The number of hydrogen-bond donors (Lipinski definition) is 22. The molecule has 5 aliphatic rings. The molecule has 5 aliphatic heterocycles. The predicted octanol–water partition coefficient (Wildman–Crippen LogP) is -2.24. The lowest BCUT2D eigenvalue weighted by atomic mass is 9.87. The van der Waals surface area contributed by atoms with Crippen LogP contribution in [-0.4, -0.2) is 343 Å². The lowest BCUT2D eigenvalue weighted by Gasteiger charge is -2.52. The van der Waals surface area contributed by atoms with Crippen LogP contribution in [0.15, 0.2) is 0 Å². The fourth-order valence-electron chi connectivity index (χ4n) is 14.6. The summed E-state index contributed by atoms with van der Waals surface area (Å²) in [4.78, 5) is 40.3. The number of carbonyl (C=O) groups is 3. The third kappa shape index (κ3) is 28.9. The Bertz CT molecular complexity index is 2440. The summed E-state index contributed by atoms with van der Waals surface area (Å²) in [6.07, 6.45) is -24.4. The predicted molar refractivity (Wildman–Crippen MR) is 379 cm³/mol. The highest BCUT2D eigenvalue weighted by atomic mass is 16.8. The standard InChI is InChI=1S/C73H134N2O33/c1-4-6-8-10-12-14-16-17-18-19-20-21-22-23-25-27-29-31-33-44(83)67(96)75-42(52(86)43(82)32-30-28-26-24-15-13-11-9-7-5-2)40-99-68-58(92)56(90)63(49(38-79)102-68)105-69-60(94)57(91)64(50(39-80)103-69)107-73(72(97)98)34-47(51(74-41(3)81)65(108-73)53(87)45(84)35-76)100-71-61(95)66(54(88)48(37-78)101-71)106-70-59(93)55(89)62(104-70)46(85)36-77/h42-66,68-71,76-80,82-95H,4-40H2,1-3H3,(H,74,81)(H,75,96)(H,97,98). The van der Waals surface area contributed by atoms with Gasteiger partial charge >= 0.3 is 5.97 Å². The van der Waals surface area contributed by atoms with E-state index < -0.39 is 247 Å². The van der Waals surface area contributed by atoms with Crippen molar-refractivity contribution in [3.05, 3.63) is 0 Å². The molecule has 0 aliphatic carbocycles. The van der Waals surface area contributed by atoms with Gasteiger partial charge in [0, 0.05) is 13.3 Å². The minimum absolute atomic E-state index is 0.0968. The van der Waals surface area contributed by atoms with Gasteiger partial charge in [0.25, 0.3) is 5.79 Å². The van der Waals surface area contributed by atoms with E-state index in [9.17, 15) is 117 Å². The van der Waals surface area contributed by atoms with E-state index in [-0.39, 0.29) is 12.8 Å². The Kier molecular flexibility index (Phi) is 44.9. The van der Waals surface area contributed by atoms with Crippen molar-refractivity contribution in [2.75, 3.05) is 39.6 Å². The number of nitrogens with one attached hydrogen (secondary N) is 2. The zero-order valence-corrected chi connectivity index (χ0v) is 63.2. The molecule has 2 amide bonds. The summed E-state index contributed by atoms with van der Waals surface area (Å²) in [5.41, 5.74) is 0. The molecule has 30 atom stereocenters. The van der Waals surface area contributed by atoms with E-state index in [2.05, 4.69) is 24.5 Å². The summed E-state index contributed by atoms with van der Waals surface area (Å²) in [5.74, 6) is -7.34. The zero-order valence-electron chi connectivity index (χ0n) is 63.2. The third-order valence-electron chi connectivity index (χ3n) is 21.2. The van der Waals surface area contributed by atoms with Gasteiger partial charge in [0.15, 0.2) is 25.2 Å². The fourth-order valence-corrected chi connectivity index (χ4v) is 14.6. The second-order valence-electron chi connectivity index (χ2n) is 29.9. The number of carboxylic acids is 1. The Hall–Kier alpha value is -2.75. The van der Waals surface area contributed by atoms with Crippen LogP contribution in [0.5, 0.6) is 0 Å². The van der Waals surface area contributed by atoms with Crippen molar-refractivity contribution in [1.29, 1.82) is 0 Å². The minimum Gasteiger partial charge on any atom is -0.477 e. The maximum atomic E-state index is 13.8. The van der Waals surface area contributed by atoms with Crippen LogP contribution >= 0.6 is 0 Å². The van der Waals surface area contributed by atoms with Crippen LogP contribution in [0.2, 0.25) is 0 Å². The molecule has 0 saturated carbocycles. The van der Waals surface area contributed by atoms with E-state index in [1.807, 2.05) is 0 Å². The summed E-state index contributed by atoms with van der Waals surface area (Å²) < 4.78 is 58.1. The molecule has 0 aromatic heterocycles. The first-order valence-corrected chi connectivity index (χ1v) is 39.6. The third-order valence-corrected chi connectivity index (χ3v) is 21.2. The topological polar surface area (TPSA) is 572 Å². The Morgan fingerprint density at radius 3 is 1.39 bits per heavy atom. The SMILES string of the molecule is CCCCCCCCCCCCCCCCCCCCC(O)C(=O)NC(COC1OC(CO)C(OC2OC(CO)C(OC3(C(=O)O)CC(OC4OC(CO)C(O)C(OC5OC(C(O)CO)C(O)C5O)C4O)C(NC(C)=O)C(C(O)C(O)CO)O3)C(O)C2O)C(O)C1O)C(O)C(O)CCCCCCCCCCCC. The minimum atomic E-state index is -3.37. The average molecular weight is 1570 g/mol. The first kappa shape index (κ1) is 95.8. The van der Waals surface area contributed by atoms with E-state index in [4.69, 9.17) is 47.4 Å². The van der Waals surface area contributed by atoms with Crippen molar-refractivity contribution in [2.24, 2.45) is 0 Å². The Labute approximate surface area is 633 Å². The van der Waals surface area contributed by atoms with Gasteiger partial charge in [0.05, 0.1) is 63.9 Å². The van der Waals surface area contributed by atoms with Crippen molar-refractivity contribution in [2.45, 2.75) is 403 Å². The highest BCUT2D eigenvalue weighted by Gasteiger charge is 2.62. The number of rotatable bonds is 55. The highest BCUT2D eigenvalue weighted by molar-refractivity contribution is 5.80.